The van der Waals surface area contributed by atoms with Crippen LogP contribution in [0.5, 0.6) is 0 Å². The number of hydrogen-bond donors (Lipinski definition) is 1. The average Bonchev–Trinajstić information content (AvgIpc) is 2.53. The predicted octanol–water partition coefficient (Wildman–Crippen LogP) is 2.58. The molecule has 1 saturated heterocycles. The molecule has 2 N–H and O–H groups in total. The number of piperidine rings is 1. The van der Waals surface area contributed by atoms with Crippen molar-refractivity contribution in [2.45, 2.75) is 44.6 Å². The van der Waals surface area contributed by atoms with Crippen molar-refractivity contribution >= 4 is 11.8 Å². The number of nitrogens with two attached hydrogens (primary N) is 1. The third-order valence-electron chi connectivity index (χ3n) is 4.92. The lowest BCUT2D eigenvalue weighted by molar-refractivity contribution is 0.0390. The highest BCUT2D eigenvalue weighted by molar-refractivity contribution is 5.97. The summed E-state index contributed by atoms with van der Waals surface area (Å²) in [4.78, 5) is 25.9. The van der Waals surface area contributed by atoms with Gasteiger partial charge in [-0.2, -0.15) is 0 Å². The standard InChI is InChI=1S/C17H22N2O2/c18-16(20)13-7-9-14(10-8-13)17(21)19-11-3-5-12-4-1-2-6-15(12)19/h7-10,12,15H,1-6,11H2,(H2,18,20). The third-order valence-corrected chi connectivity index (χ3v) is 4.92. The molecule has 2 amide bonds. The van der Waals surface area contributed by atoms with Crippen molar-refractivity contribution in [3.8, 4) is 0 Å². The number of carbonyl (C=O) groups excluding carboxylic acids is 2. The van der Waals surface area contributed by atoms with Crippen molar-refractivity contribution in [1.82, 2.24) is 4.90 Å². The molecule has 2 fully saturated rings. The van der Waals surface area contributed by atoms with Gasteiger partial charge in [0.1, 0.15) is 0 Å². The topological polar surface area (TPSA) is 63.4 Å². The quantitative estimate of drug-likeness (QED) is 0.908. The van der Waals surface area contributed by atoms with Crippen LogP contribution in [-0.4, -0.2) is 29.3 Å². The highest BCUT2D eigenvalue weighted by Crippen LogP contribution is 2.35. The van der Waals surface area contributed by atoms with Crippen LogP contribution in [0, 0.1) is 5.92 Å². The van der Waals surface area contributed by atoms with E-state index in [9.17, 15) is 9.59 Å². The van der Waals surface area contributed by atoms with E-state index in [4.69, 9.17) is 5.73 Å². The van der Waals surface area contributed by atoms with Crippen LogP contribution < -0.4 is 5.73 Å². The number of nitrogens with zero attached hydrogens (tertiary/aromatic N) is 1. The highest BCUT2D eigenvalue weighted by Gasteiger charge is 2.35. The molecule has 1 aromatic carbocycles. The molecule has 112 valence electrons. The van der Waals surface area contributed by atoms with Gasteiger partial charge in [0.2, 0.25) is 5.91 Å². The predicted molar refractivity (Wildman–Crippen MR) is 81.0 cm³/mol. The molecule has 1 aromatic rings. The molecule has 0 radical (unpaired) electrons. The Balaban J connectivity index is 1.78. The molecule has 1 saturated carbocycles. The smallest absolute Gasteiger partial charge is 0.254 e. The van der Waals surface area contributed by atoms with E-state index < -0.39 is 5.91 Å². The van der Waals surface area contributed by atoms with Crippen LogP contribution in [0.15, 0.2) is 24.3 Å². The molecule has 1 aliphatic carbocycles. The van der Waals surface area contributed by atoms with Gasteiger partial charge in [-0.1, -0.05) is 12.8 Å². The second-order valence-electron chi connectivity index (χ2n) is 6.19. The maximum absolute atomic E-state index is 12.7. The van der Waals surface area contributed by atoms with E-state index in [0.29, 0.717) is 23.1 Å². The Labute approximate surface area is 125 Å². The Hall–Kier alpha value is -1.84. The van der Waals surface area contributed by atoms with Crippen LogP contribution in [0.2, 0.25) is 0 Å². The van der Waals surface area contributed by atoms with E-state index in [0.717, 1.165) is 19.4 Å². The number of fused-ring (bicyclic) bond motifs is 1. The van der Waals surface area contributed by atoms with Crippen LogP contribution >= 0.6 is 0 Å². The van der Waals surface area contributed by atoms with E-state index in [1.807, 2.05) is 0 Å². The van der Waals surface area contributed by atoms with Gasteiger partial charge in [-0.15, -0.1) is 0 Å². The first kappa shape index (κ1) is 14.1. The first-order valence-electron chi connectivity index (χ1n) is 7.87. The molecule has 1 heterocycles. The lowest BCUT2D eigenvalue weighted by Crippen LogP contribution is -2.49. The minimum absolute atomic E-state index is 0.0996. The molecular formula is C17H22N2O2. The Morgan fingerprint density at radius 1 is 0.952 bits per heavy atom. The molecule has 1 aliphatic heterocycles. The summed E-state index contributed by atoms with van der Waals surface area (Å²) in [7, 11) is 0. The van der Waals surface area contributed by atoms with Crippen LogP contribution in [0.25, 0.3) is 0 Å². The SMILES string of the molecule is NC(=O)c1ccc(C(=O)N2CCCC3CCCCC32)cc1. The van der Waals surface area contributed by atoms with E-state index in [1.54, 1.807) is 24.3 Å². The fourth-order valence-corrected chi connectivity index (χ4v) is 3.82. The molecule has 3 rings (SSSR count). The van der Waals surface area contributed by atoms with Crippen molar-refractivity contribution in [3.63, 3.8) is 0 Å². The summed E-state index contributed by atoms with van der Waals surface area (Å²) in [5.41, 5.74) is 6.34. The van der Waals surface area contributed by atoms with Gasteiger partial charge in [-0.25, -0.2) is 0 Å². The molecule has 2 unspecified atom stereocenters. The summed E-state index contributed by atoms with van der Waals surface area (Å²) < 4.78 is 0. The van der Waals surface area contributed by atoms with E-state index >= 15 is 0 Å². The molecular weight excluding hydrogens is 264 g/mol. The van der Waals surface area contributed by atoms with Gasteiger partial charge >= 0.3 is 0 Å². The molecule has 4 heteroatoms. The largest absolute Gasteiger partial charge is 0.366 e. The first-order valence-corrected chi connectivity index (χ1v) is 7.87. The summed E-state index contributed by atoms with van der Waals surface area (Å²) in [5.74, 6) is 0.322. The minimum atomic E-state index is -0.459. The van der Waals surface area contributed by atoms with Crippen LogP contribution in [0.4, 0.5) is 0 Å². The van der Waals surface area contributed by atoms with Crippen molar-refractivity contribution in [2.24, 2.45) is 11.7 Å². The lowest BCUT2D eigenvalue weighted by atomic mass is 9.78. The van der Waals surface area contributed by atoms with E-state index in [1.165, 1.54) is 25.7 Å². The van der Waals surface area contributed by atoms with Crippen LogP contribution in [0.1, 0.15) is 59.2 Å². The Bertz CT molecular complexity index is 536. The number of amides is 2. The van der Waals surface area contributed by atoms with Crippen LogP contribution in [-0.2, 0) is 0 Å². The van der Waals surface area contributed by atoms with E-state index in [2.05, 4.69) is 4.90 Å². The first-order chi connectivity index (χ1) is 10.2. The summed E-state index contributed by atoms with van der Waals surface area (Å²) in [6, 6.07) is 7.12. The normalized spacial score (nSPS) is 25.2. The molecule has 0 spiro atoms. The number of carbonyl (C=O) groups is 2. The Kier molecular flexibility index (Phi) is 3.95. The molecule has 2 atom stereocenters. The van der Waals surface area contributed by atoms with E-state index in [-0.39, 0.29) is 5.91 Å². The monoisotopic (exact) mass is 286 g/mol. The van der Waals surface area contributed by atoms with Crippen LogP contribution in [0.3, 0.4) is 0 Å². The van der Waals surface area contributed by atoms with Gasteiger partial charge in [0.15, 0.2) is 0 Å². The van der Waals surface area contributed by atoms with Gasteiger partial charge < -0.3 is 10.6 Å². The molecule has 0 bridgehead atoms. The Morgan fingerprint density at radius 2 is 1.57 bits per heavy atom. The van der Waals surface area contributed by atoms with Gasteiger partial charge in [-0.05, 0) is 55.9 Å². The molecule has 2 aliphatic rings. The zero-order valence-corrected chi connectivity index (χ0v) is 12.3. The van der Waals surface area contributed by atoms with Crippen molar-refractivity contribution in [2.75, 3.05) is 6.54 Å². The number of likely N-dealkylation sites (tertiary alicyclic amines) is 1. The van der Waals surface area contributed by atoms with Crippen molar-refractivity contribution in [1.29, 1.82) is 0 Å². The van der Waals surface area contributed by atoms with Crippen molar-refractivity contribution in [3.05, 3.63) is 35.4 Å². The van der Waals surface area contributed by atoms with Gasteiger partial charge in [-0.3, -0.25) is 9.59 Å². The summed E-state index contributed by atoms with van der Waals surface area (Å²) >= 11 is 0. The third kappa shape index (κ3) is 2.80. The fourth-order valence-electron chi connectivity index (χ4n) is 3.82. The Morgan fingerprint density at radius 3 is 2.29 bits per heavy atom. The second-order valence-corrected chi connectivity index (χ2v) is 6.19. The maximum atomic E-state index is 12.7. The molecule has 21 heavy (non-hydrogen) atoms. The fraction of sp³-hybridized carbons (Fsp3) is 0.529. The number of rotatable bonds is 2. The highest BCUT2D eigenvalue weighted by atomic mass is 16.2. The van der Waals surface area contributed by atoms with Gasteiger partial charge in [0, 0.05) is 23.7 Å². The number of primary amides is 1. The molecule has 0 aromatic heterocycles. The number of benzene rings is 1. The summed E-state index contributed by atoms with van der Waals surface area (Å²) in [6.07, 6.45) is 7.29. The minimum Gasteiger partial charge on any atom is -0.366 e. The van der Waals surface area contributed by atoms with Gasteiger partial charge in [0.05, 0.1) is 0 Å². The lowest BCUT2D eigenvalue weighted by Gasteiger charge is -2.44. The van der Waals surface area contributed by atoms with Gasteiger partial charge in [0.25, 0.3) is 5.91 Å². The molecule has 4 nitrogen and oxygen atoms in total. The summed E-state index contributed by atoms with van der Waals surface area (Å²) in [6.45, 7) is 0.859. The zero-order chi connectivity index (χ0) is 14.8. The summed E-state index contributed by atoms with van der Waals surface area (Å²) in [5, 5.41) is 0. The maximum Gasteiger partial charge on any atom is 0.254 e. The van der Waals surface area contributed by atoms with Crippen molar-refractivity contribution < 1.29 is 9.59 Å². The second kappa shape index (κ2) is 5.88. The average molecular weight is 286 g/mol. The number of hydrogen-bond acceptors (Lipinski definition) is 2. The zero-order valence-electron chi connectivity index (χ0n) is 12.3.